The number of nitriles is 1. The molecule has 0 amide bonds. The fourth-order valence-electron chi connectivity index (χ4n) is 1.13. The highest BCUT2D eigenvalue weighted by atomic mass is 16.5. The van der Waals surface area contributed by atoms with Gasteiger partial charge < -0.3 is 9.47 Å². The zero-order valence-electron chi connectivity index (χ0n) is 9.52. The second-order valence-electron chi connectivity index (χ2n) is 3.16. The Kier molecular flexibility index (Phi) is 7.60. The van der Waals surface area contributed by atoms with E-state index in [0.717, 1.165) is 0 Å². The van der Waals surface area contributed by atoms with Gasteiger partial charge in [0.2, 0.25) is 0 Å². The predicted molar refractivity (Wildman–Crippen MR) is 55.2 cm³/mol. The van der Waals surface area contributed by atoms with Crippen LogP contribution in [-0.4, -0.2) is 50.8 Å². The van der Waals surface area contributed by atoms with Crippen LogP contribution in [0.1, 0.15) is 13.3 Å². The van der Waals surface area contributed by atoms with Crippen molar-refractivity contribution in [2.75, 3.05) is 33.9 Å². The number of hydrogen-bond acceptors (Lipinski definition) is 5. The largest absolute Gasteiger partial charge is 0.469 e. The van der Waals surface area contributed by atoms with E-state index in [0.29, 0.717) is 26.1 Å². The molecule has 0 spiro atoms. The molecule has 0 aliphatic carbocycles. The summed E-state index contributed by atoms with van der Waals surface area (Å²) in [7, 11) is 2.96. The third-order valence-corrected chi connectivity index (χ3v) is 2.15. The third kappa shape index (κ3) is 6.05. The molecule has 0 bridgehead atoms. The van der Waals surface area contributed by atoms with E-state index in [-0.39, 0.29) is 12.0 Å². The minimum absolute atomic E-state index is 0.218. The van der Waals surface area contributed by atoms with Crippen molar-refractivity contribution in [1.29, 1.82) is 5.26 Å². The van der Waals surface area contributed by atoms with Gasteiger partial charge >= 0.3 is 5.97 Å². The molecule has 15 heavy (non-hydrogen) atoms. The summed E-state index contributed by atoms with van der Waals surface area (Å²) in [6.07, 6.45) is 0.298. The van der Waals surface area contributed by atoms with E-state index in [1.807, 2.05) is 4.90 Å². The van der Waals surface area contributed by atoms with Crippen molar-refractivity contribution in [2.45, 2.75) is 19.4 Å². The predicted octanol–water partition coefficient (Wildman–Crippen LogP) is 0.410. The molecule has 0 N–H and O–H groups in total. The quantitative estimate of drug-likeness (QED) is 0.574. The standard InChI is InChI=1S/C10H18N2O3/c1-9(8-11)12(6-7-14-2)5-4-10(13)15-3/h9H,4-7H2,1-3H3. The molecule has 86 valence electrons. The molecular weight excluding hydrogens is 196 g/mol. The Balaban J connectivity index is 4.01. The van der Waals surface area contributed by atoms with E-state index in [1.54, 1.807) is 14.0 Å². The highest BCUT2D eigenvalue weighted by Gasteiger charge is 2.14. The molecule has 0 saturated carbocycles. The lowest BCUT2D eigenvalue weighted by Crippen LogP contribution is -2.36. The first-order chi connectivity index (χ1) is 7.15. The molecule has 0 aromatic heterocycles. The number of carbonyl (C=O) groups is 1. The van der Waals surface area contributed by atoms with Crippen molar-refractivity contribution in [1.82, 2.24) is 4.90 Å². The fraction of sp³-hybridized carbons (Fsp3) is 0.800. The first kappa shape index (κ1) is 13.9. The van der Waals surface area contributed by atoms with Gasteiger partial charge in [0.05, 0.1) is 32.2 Å². The Bertz CT molecular complexity index is 225. The lowest BCUT2D eigenvalue weighted by molar-refractivity contribution is -0.141. The van der Waals surface area contributed by atoms with Gasteiger partial charge in [-0.3, -0.25) is 9.69 Å². The van der Waals surface area contributed by atoms with Crippen LogP contribution in [0.5, 0.6) is 0 Å². The van der Waals surface area contributed by atoms with Crippen molar-refractivity contribution in [2.24, 2.45) is 0 Å². The molecule has 0 radical (unpaired) electrons. The van der Waals surface area contributed by atoms with Crippen molar-refractivity contribution in [3.8, 4) is 6.07 Å². The smallest absolute Gasteiger partial charge is 0.306 e. The van der Waals surface area contributed by atoms with Crippen LogP contribution in [0.15, 0.2) is 0 Å². The zero-order valence-corrected chi connectivity index (χ0v) is 9.52. The summed E-state index contributed by atoms with van der Waals surface area (Å²) >= 11 is 0. The molecule has 0 aliphatic heterocycles. The molecule has 1 unspecified atom stereocenters. The van der Waals surface area contributed by atoms with Crippen molar-refractivity contribution in [3.63, 3.8) is 0 Å². The summed E-state index contributed by atoms with van der Waals surface area (Å²) in [6, 6.07) is 1.92. The van der Waals surface area contributed by atoms with Crippen LogP contribution in [-0.2, 0) is 14.3 Å². The average molecular weight is 214 g/mol. The number of hydrogen-bond donors (Lipinski definition) is 0. The number of rotatable bonds is 7. The number of esters is 1. The van der Waals surface area contributed by atoms with Gasteiger partial charge in [-0.2, -0.15) is 5.26 Å². The Morgan fingerprint density at radius 1 is 1.47 bits per heavy atom. The van der Waals surface area contributed by atoms with Crippen molar-refractivity contribution in [3.05, 3.63) is 0 Å². The zero-order chi connectivity index (χ0) is 11.7. The molecule has 0 rings (SSSR count). The van der Waals surface area contributed by atoms with Gasteiger partial charge in [-0.05, 0) is 6.92 Å². The van der Waals surface area contributed by atoms with Gasteiger partial charge in [-0.25, -0.2) is 0 Å². The normalized spacial score (nSPS) is 12.2. The molecule has 1 atom stereocenters. The summed E-state index contributed by atoms with van der Waals surface area (Å²) in [5.41, 5.74) is 0. The Hall–Kier alpha value is -1.12. The van der Waals surface area contributed by atoms with Gasteiger partial charge in [0.1, 0.15) is 0 Å². The minimum atomic E-state index is -0.262. The molecular formula is C10H18N2O3. The van der Waals surface area contributed by atoms with Crippen LogP contribution >= 0.6 is 0 Å². The maximum atomic E-state index is 10.9. The van der Waals surface area contributed by atoms with Crippen LogP contribution in [0.25, 0.3) is 0 Å². The highest BCUT2D eigenvalue weighted by molar-refractivity contribution is 5.69. The highest BCUT2D eigenvalue weighted by Crippen LogP contribution is 2.00. The molecule has 0 aliphatic rings. The van der Waals surface area contributed by atoms with Crippen LogP contribution in [0.2, 0.25) is 0 Å². The van der Waals surface area contributed by atoms with E-state index in [4.69, 9.17) is 10.00 Å². The second-order valence-corrected chi connectivity index (χ2v) is 3.16. The number of ether oxygens (including phenoxy) is 2. The van der Waals surface area contributed by atoms with Gasteiger partial charge in [0, 0.05) is 20.2 Å². The van der Waals surface area contributed by atoms with Crippen LogP contribution in [0.3, 0.4) is 0 Å². The Morgan fingerprint density at radius 2 is 2.13 bits per heavy atom. The van der Waals surface area contributed by atoms with Gasteiger partial charge in [0.25, 0.3) is 0 Å². The molecule has 5 nitrogen and oxygen atoms in total. The van der Waals surface area contributed by atoms with Crippen LogP contribution in [0, 0.1) is 11.3 Å². The third-order valence-electron chi connectivity index (χ3n) is 2.15. The number of carbonyl (C=O) groups excluding carboxylic acids is 1. The molecule has 5 heteroatoms. The first-order valence-electron chi connectivity index (χ1n) is 4.85. The Morgan fingerprint density at radius 3 is 2.60 bits per heavy atom. The fourth-order valence-corrected chi connectivity index (χ4v) is 1.13. The van der Waals surface area contributed by atoms with Gasteiger partial charge in [0.15, 0.2) is 0 Å². The first-order valence-corrected chi connectivity index (χ1v) is 4.85. The molecule has 0 heterocycles. The SMILES string of the molecule is COCCN(CCC(=O)OC)C(C)C#N. The van der Waals surface area contributed by atoms with Crippen molar-refractivity contribution < 1.29 is 14.3 Å². The molecule has 0 saturated heterocycles. The Labute approximate surface area is 90.6 Å². The summed E-state index contributed by atoms with van der Waals surface area (Å²) in [4.78, 5) is 12.8. The molecule has 0 fully saturated rings. The van der Waals surface area contributed by atoms with E-state index >= 15 is 0 Å². The van der Waals surface area contributed by atoms with E-state index in [1.165, 1.54) is 7.11 Å². The molecule has 0 aromatic carbocycles. The lowest BCUT2D eigenvalue weighted by Gasteiger charge is -2.23. The summed E-state index contributed by atoms with van der Waals surface area (Å²) in [6.45, 7) is 3.51. The topological polar surface area (TPSA) is 62.6 Å². The second kappa shape index (κ2) is 8.21. The monoisotopic (exact) mass is 214 g/mol. The van der Waals surface area contributed by atoms with E-state index < -0.39 is 0 Å². The number of methoxy groups -OCH3 is 2. The van der Waals surface area contributed by atoms with E-state index in [2.05, 4.69) is 10.8 Å². The average Bonchev–Trinajstić information content (AvgIpc) is 2.27. The van der Waals surface area contributed by atoms with Crippen LogP contribution in [0.4, 0.5) is 0 Å². The summed E-state index contributed by atoms with van der Waals surface area (Å²) in [5, 5.41) is 8.78. The van der Waals surface area contributed by atoms with E-state index in [9.17, 15) is 4.79 Å². The summed E-state index contributed by atoms with van der Waals surface area (Å²) in [5.74, 6) is -0.262. The minimum Gasteiger partial charge on any atom is -0.469 e. The molecule has 0 aromatic rings. The van der Waals surface area contributed by atoms with Gasteiger partial charge in [-0.1, -0.05) is 0 Å². The van der Waals surface area contributed by atoms with Crippen LogP contribution < -0.4 is 0 Å². The number of nitrogens with zero attached hydrogens (tertiary/aromatic N) is 2. The lowest BCUT2D eigenvalue weighted by atomic mass is 10.3. The summed E-state index contributed by atoms with van der Waals surface area (Å²) < 4.78 is 9.47. The maximum absolute atomic E-state index is 10.9. The van der Waals surface area contributed by atoms with Crippen molar-refractivity contribution >= 4 is 5.97 Å². The van der Waals surface area contributed by atoms with Gasteiger partial charge in [-0.15, -0.1) is 0 Å². The maximum Gasteiger partial charge on any atom is 0.306 e.